The Kier molecular flexibility index (Phi) is 7.96. The van der Waals surface area contributed by atoms with Gasteiger partial charge in [0.1, 0.15) is 0 Å². The van der Waals surface area contributed by atoms with Gasteiger partial charge in [-0.15, -0.1) is 0 Å². The van der Waals surface area contributed by atoms with Crippen molar-refractivity contribution in [2.24, 2.45) is 0 Å². The van der Waals surface area contributed by atoms with Crippen molar-refractivity contribution in [2.75, 3.05) is 0 Å². The lowest BCUT2D eigenvalue weighted by atomic mass is 9.89. The van der Waals surface area contributed by atoms with Crippen molar-refractivity contribution in [1.82, 2.24) is 0 Å². The Balaban J connectivity index is 2.80. The molecule has 156 valence electrons. The molecule has 1 fully saturated rings. The number of hydrogen-bond donors (Lipinski definition) is 1. The number of rotatable bonds is 9. The van der Waals surface area contributed by atoms with Gasteiger partial charge >= 0.3 is 13.1 Å². The maximum Gasteiger partial charge on any atom is 0.486 e. The molecule has 0 aromatic heterocycles. The average molecular weight is 398 g/mol. The van der Waals surface area contributed by atoms with Crippen molar-refractivity contribution >= 4 is 21.4 Å². The first-order valence-corrected chi connectivity index (χ1v) is 12.9. The summed E-state index contributed by atoms with van der Waals surface area (Å²) in [5.41, 5.74) is -0.724. The molecule has 1 rings (SSSR count). The molecule has 0 spiro atoms. The molecule has 7 heteroatoms. The van der Waals surface area contributed by atoms with Crippen LogP contribution >= 0.6 is 0 Å². The minimum atomic E-state index is -1.93. The number of unbranched alkanes of at least 4 members (excludes halogenated alkanes) is 1. The van der Waals surface area contributed by atoms with Gasteiger partial charge < -0.3 is 18.8 Å². The zero-order valence-corrected chi connectivity index (χ0v) is 19.7. The Morgan fingerprint density at radius 1 is 1.15 bits per heavy atom. The maximum absolute atomic E-state index is 10.8. The molecule has 27 heavy (non-hydrogen) atoms. The highest BCUT2D eigenvalue weighted by Gasteiger charge is 2.50. The van der Waals surface area contributed by atoms with Gasteiger partial charge in [0.15, 0.2) is 8.32 Å². The predicted molar refractivity (Wildman–Crippen MR) is 113 cm³/mol. The molecule has 1 saturated heterocycles. The zero-order valence-electron chi connectivity index (χ0n) is 18.7. The Morgan fingerprint density at radius 2 is 1.67 bits per heavy atom. The van der Waals surface area contributed by atoms with Crippen molar-refractivity contribution in [1.29, 1.82) is 0 Å². The van der Waals surface area contributed by atoms with Crippen LogP contribution in [-0.2, 0) is 18.5 Å². The van der Waals surface area contributed by atoms with Crippen molar-refractivity contribution in [2.45, 2.75) is 110 Å². The summed E-state index contributed by atoms with van der Waals surface area (Å²) in [6, 6.07) is 0. The standard InChI is InChI=1S/C20H39BO5Si/c1-18(2,3)27(8,9)24-16(12-10-11-13-17(22)23)14-15-21-25-19(4,5)20(6,7)26-21/h14-16H,10-13H2,1-9H3,(H,22,23)/b15-14+/t16-/m0/s1. The molecular weight excluding hydrogens is 359 g/mol. The van der Waals surface area contributed by atoms with Crippen molar-refractivity contribution in [3.63, 3.8) is 0 Å². The van der Waals surface area contributed by atoms with E-state index in [1.807, 2.05) is 39.7 Å². The molecule has 0 bridgehead atoms. The van der Waals surface area contributed by atoms with E-state index in [1.165, 1.54) is 0 Å². The van der Waals surface area contributed by atoms with Gasteiger partial charge in [0.05, 0.1) is 17.3 Å². The van der Waals surface area contributed by atoms with Gasteiger partial charge in [-0.05, 0) is 58.7 Å². The average Bonchev–Trinajstić information content (AvgIpc) is 2.66. The SMILES string of the molecule is CC1(C)OB(/C=C/[C@H](CCCCC(=O)O)O[Si](C)(C)C(C)(C)C)OC1(C)C. The maximum atomic E-state index is 10.8. The van der Waals surface area contributed by atoms with E-state index in [1.54, 1.807) is 0 Å². The predicted octanol–water partition coefficient (Wildman–Crippen LogP) is 5.21. The van der Waals surface area contributed by atoms with Crippen LogP contribution in [0.15, 0.2) is 12.1 Å². The van der Waals surface area contributed by atoms with Crippen molar-refractivity contribution in [3.8, 4) is 0 Å². The van der Waals surface area contributed by atoms with Crippen LogP contribution in [0.25, 0.3) is 0 Å². The molecule has 0 saturated carbocycles. The second-order valence-corrected chi connectivity index (χ2v) is 14.8. The third kappa shape index (κ3) is 7.04. The van der Waals surface area contributed by atoms with Crippen LogP contribution < -0.4 is 0 Å². The minimum absolute atomic E-state index is 0.0567. The molecule has 1 aliphatic rings. The lowest BCUT2D eigenvalue weighted by Crippen LogP contribution is -2.43. The van der Waals surface area contributed by atoms with Gasteiger partial charge in [0, 0.05) is 6.42 Å². The van der Waals surface area contributed by atoms with Crippen LogP contribution in [0.3, 0.4) is 0 Å². The van der Waals surface area contributed by atoms with E-state index >= 15 is 0 Å². The lowest BCUT2D eigenvalue weighted by molar-refractivity contribution is -0.137. The van der Waals surface area contributed by atoms with E-state index in [4.69, 9.17) is 18.8 Å². The summed E-state index contributed by atoms with van der Waals surface area (Å²) in [6.07, 6.45) is 4.47. The first kappa shape index (κ1) is 24.4. The van der Waals surface area contributed by atoms with E-state index in [9.17, 15) is 4.79 Å². The molecule has 0 aromatic carbocycles. The Hall–Kier alpha value is -0.628. The quantitative estimate of drug-likeness (QED) is 0.427. The summed E-state index contributed by atoms with van der Waals surface area (Å²) in [7, 11) is -2.32. The Labute approximate surface area is 167 Å². The second kappa shape index (κ2) is 8.80. The second-order valence-electron chi connectivity index (χ2n) is 10.1. The fourth-order valence-corrected chi connectivity index (χ4v) is 3.86. The van der Waals surface area contributed by atoms with E-state index in [2.05, 4.69) is 33.9 Å². The molecule has 0 radical (unpaired) electrons. The van der Waals surface area contributed by atoms with E-state index in [0.717, 1.165) is 12.8 Å². The minimum Gasteiger partial charge on any atom is -0.481 e. The zero-order chi connectivity index (χ0) is 21.1. The van der Waals surface area contributed by atoms with Crippen LogP contribution in [0.2, 0.25) is 18.1 Å². The molecule has 0 unspecified atom stereocenters. The summed E-state index contributed by atoms with van der Waals surface area (Å²) in [6.45, 7) is 19.3. The highest BCUT2D eigenvalue weighted by atomic mass is 28.4. The number of carbonyl (C=O) groups is 1. The first-order chi connectivity index (χ1) is 12.1. The number of carboxylic acids is 1. The number of aliphatic carboxylic acids is 1. The van der Waals surface area contributed by atoms with Crippen LogP contribution in [0, 0.1) is 0 Å². The molecule has 1 aliphatic heterocycles. The van der Waals surface area contributed by atoms with Crippen LogP contribution in [-0.4, -0.2) is 43.8 Å². The molecule has 0 aliphatic carbocycles. The molecule has 1 atom stereocenters. The van der Waals surface area contributed by atoms with Gasteiger partial charge in [-0.25, -0.2) is 0 Å². The van der Waals surface area contributed by atoms with Crippen molar-refractivity contribution in [3.05, 3.63) is 12.1 Å². The van der Waals surface area contributed by atoms with Gasteiger partial charge in [-0.1, -0.05) is 39.2 Å². The van der Waals surface area contributed by atoms with Gasteiger partial charge in [0.2, 0.25) is 0 Å². The summed E-state index contributed by atoms with van der Waals surface area (Å²) in [5, 5.41) is 8.96. The normalized spacial score (nSPS) is 21.0. The van der Waals surface area contributed by atoms with E-state index in [-0.39, 0.29) is 35.9 Å². The molecule has 0 aromatic rings. The van der Waals surface area contributed by atoms with Crippen molar-refractivity contribution < 1.29 is 23.6 Å². The van der Waals surface area contributed by atoms with E-state index < -0.39 is 14.3 Å². The van der Waals surface area contributed by atoms with Crippen LogP contribution in [0.4, 0.5) is 0 Å². The summed E-state index contributed by atoms with van der Waals surface area (Å²) < 4.78 is 18.6. The van der Waals surface area contributed by atoms with Crippen LogP contribution in [0.5, 0.6) is 0 Å². The monoisotopic (exact) mass is 398 g/mol. The molecular formula is C20H39BO5Si. The lowest BCUT2D eigenvalue weighted by Gasteiger charge is -2.38. The first-order valence-electron chi connectivity index (χ1n) is 10.0. The fraction of sp³-hybridized carbons (Fsp3) is 0.850. The van der Waals surface area contributed by atoms with Crippen LogP contribution in [0.1, 0.15) is 74.1 Å². The van der Waals surface area contributed by atoms with Gasteiger partial charge in [-0.3, -0.25) is 4.79 Å². The number of hydrogen-bond acceptors (Lipinski definition) is 4. The Morgan fingerprint density at radius 3 is 2.11 bits per heavy atom. The molecule has 1 N–H and O–H groups in total. The number of carboxylic acid groups (broad SMARTS) is 1. The van der Waals surface area contributed by atoms with E-state index in [0.29, 0.717) is 6.42 Å². The third-order valence-corrected chi connectivity index (χ3v) is 10.6. The smallest absolute Gasteiger partial charge is 0.481 e. The summed E-state index contributed by atoms with van der Waals surface area (Å²) in [4.78, 5) is 10.8. The highest BCUT2D eigenvalue weighted by molar-refractivity contribution is 6.74. The van der Waals surface area contributed by atoms with Gasteiger partial charge in [0.25, 0.3) is 0 Å². The molecule has 0 amide bonds. The summed E-state index contributed by atoms with van der Waals surface area (Å²) >= 11 is 0. The summed E-state index contributed by atoms with van der Waals surface area (Å²) in [5.74, 6) is 1.20. The largest absolute Gasteiger partial charge is 0.486 e. The topological polar surface area (TPSA) is 65.0 Å². The fourth-order valence-electron chi connectivity index (χ4n) is 2.55. The third-order valence-electron chi connectivity index (χ3n) is 6.14. The molecule has 5 nitrogen and oxygen atoms in total. The highest BCUT2D eigenvalue weighted by Crippen LogP contribution is 2.39. The Bertz CT molecular complexity index is 521. The molecule has 1 heterocycles. The van der Waals surface area contributed by atoms with Gasteiger partial charge in [-0.2, -0.15) is 0 Å².